The van der Waals surface area contributed by atoms with Crippen molar-refractivity contribution in [2.45, 2.75) is 19.0 Å². The van der Waals surface area contributed by atoms with Crippen molar-refractivity contribution < 1.29 is 18.0 Å². The van der Waals surface area contributed by atoms with Gasteiger partial charge in [-0.1, -0.05) is 29.8 Å². The second-order valence-electron chi connectivity index (χ2n) is 6.52. The summed E-state index contributed by atoms with van der Waals surface area (Å²) in [7, 11) is -3.28. The first-order valence-electron chi connectivity index (χ1n) is 8.37. The average Bonchev–Trinajstić information content (AvgIpc) is 2.93. The third-order valence-electron chi connectivity index (χ3n) is 4.40. The van der Waals surface area contributed by atoms with Crippen LogP contribution in [0, 0.1) is 0 Å². The van der Waals surface area contributed by atoms with Gasteiger partial charge in [-0.2, -0.15) is 0 Å². The third-order valence-corrected chi connectivity index (χ3v) is 5.63. The Hall–Kier alpha value is -2.38. The van der Waals surface area contributed by atoms with Crippen molar-refractivity contribution in [3.63, 3.8) is 0 Å². The molecule has 1 atom stereocenters. The van der Waals surface area contributed by atoms with Crippen LogP contribution in [0.25, 0.3) is 0 Å². The molecule has 0 aromatic heterocycles. The van der Waals surface area contributed by atoms with E-state index in [0.29, 0.717) is 16.3 Å². The van der Waals surface area contributed by atoms with Gasteiger partial charge in [-0.3, -0.25) is 9.59 Å². The summed E-state index contributed by atoms with van der Waals surface area (Å²) < 4.78 is 23.2. The van der Waals surface area contributed by atoms with E-state index in [1.165, 1.54) is 4.90 Å². The van der Waals surface area contributed by atoms with E-state index in [9.17, 15) is 18.0 Å². The van der Waals surface area contributed by atoms with Crippen molar-refractivity contribution >= 4 is 38.9 Å². The van der Waals surface area contributed by atoms with Gasteiger partial charge in [-0.25, -0.2) is 8.42 Å². The molecule has 0 aliphatic carbocycles. The Morgan fingerprint density at radius 2 is 1.85 bits per heavy atom. The zero-order chi connectivity index (χ0) is 19.6. The van der Waals surface area contributed by atoms with E-state index in [1.54, 1.807) is 36.4 Å². The highest BCUT2D eigenvalue weighted by atomic mass is 35.5. The van der Waals surface area contributed by atoms with Crippen LogP contribution in [0.15, 0.2) is 48.5 Å². The average molecular weight is 407 g/mol. The molecule has 8 heteroatoms. The molecule has 3 rings (SSSR count). The maximum absolute atomic E-state index is 12.9. The van der Waals surface area contributed by atoms with E-state index in [-0.39, 0.29) is 24.6 Å². The van der Waals surface area contributed by atoms with Crippen LogP contribution < -0.4 is 5.32 Å². The highest BCUT2D eigenvalue weighted by Gasteiger charge is 2.36. The lowest BCUT2D eigenvalue weighted by atomic mass is 10.1. The minimum atomic E-state index is -3.28. The number of carbonyl (C=O) groups is 2. The number of anilines is 1. The fraction of sp³-hybridized carbons (Fsp3) is 0.263. The normalized spacial score (nSPS) is 14.7. The van der Waals surface area contributed by atoms with Gasteiger partial charge in [0.1, 0.15) is 15.9 Å². The molecule has 1 aliphatic rings. The summed E-state index contributed by atoms with van der Waals surface area (Å²) in [5.41, 5.74) is 1.89. The van der Waals surface area contributed by atoms with Crippen molar-refractivity contribution in [2.75, 3.05) is 17.3 Å². The van der Waals surface area contributed by atoms with Crippen molar-refractivity contribution in [1.29, 1.82) is 0 Å². The molecule has 1 heterocycles. The number of amides is 2. The predicted molar refractivity (Wildman–Crippen MR) is 105 cm³/mol. The molecule has 0 saturated carbocycles. The van der Waals surface area contributed by atoms with Crippen LogP contribution in [0.1, 0.15) is 22.3 Å². The van der Waals surface area contributed by atoms with E-state index in [2.05, 4.69) is 5.32 Å². The number of fused-ring (bicyclic) bond motifs is 1. The highest BCUT2D eigenvalue weighted by Crippen LogP contribution is 2.26. The van der Waals surface area contributed by atoms with Gasteiger partial charge in [-0.05, 0) is 42.3 Å². The number of nitrogens with zero attached hydrogens (tertiary/aromatic N) is 1. The van der Waals surface area contributed by atoms with Crippen molar-refractivity contribution in [3.05, 3.63) is 64.7 Å². The van der Waals surface area contributed by atoms with E-state index < -0.39 is 21.8 Å². The summed E-state index contributed by atoms with van der Waals surface area (Å²) >= 11 is 5.85. The molecule has 2 amide bonds. The number of nitrogens with one attached hydrogen (secondary N) is 1. The van der Waals surface area contributed by atoms with E-state index in [1.807, 2.05) is 12.1 Å². The zero-order valence-electron chi connectivity index (χ0n) is 14.7. The number of halogens is 1. The number of carbonyl (C=O) groups excluding carboxylic acids is 2. The van der Waals surface area contributed by atoms with Gasteiger partial charge in [-0.15, -0.1) is 0 Å². The van der Waals surface area contributed by atoms with Crippen LogP contribution in [0.3, 0.4) is 0 Å². The van der Waals surface area contributed by atoms with E-state index in [0.717, 1.165) is 11.8 Å². The van der Waals surface area contributed by atoms with Gasteiger partial charge >= 0.3 is 0 Å². The van der Waals surface area contributed by atoms with Crippen LogP contribution in [-0.4, -0.2) is 43.2 Å². The Labute approximate surface area is 163 Å². The molecule has 0 bridgehead atoms. The van der Waals surface area contributed by atoms with Crippen molar-refractivity contribution in [2.24, 2.45) is 0 Å². The van der Waals surface area contributed by atoms with Crippen LogP contribution in [0.2, 0.25) is 5.02 Å². The van der Waals surface area contributed by atoms with Crippen LogP contribution in [0.5, 0.6) is 0 Å². The molecule has 0 fully saturated rings. The largest absolute Gasteiger partial charge is 0.324 e. The first-order chi connectivity index (χ1) is 12.7. The maximum Gasteiger partial charge on any atom is 0.255 e. The molecule has 0 unspecified atom stereocenters. The second kappa shape index (κ2) is 7.70. The Morgan fingerprint density at radius 3 is 2.48 bits per heavy atom. The lowest BCUT2D eigenvalue weighted by molar-refractivity contribution is -0.120. The van der Waals surface area contributed by atoms with Crippen LogP contribution in [-0.2, 0) is 21.2 Å². The summed E-state index contributed by atoms with van der Waals surface area (Å²) in [6, 6.07) is 12.8. The van der Waals surface area contributed by atoms with Crippen molar-refractivity contribution in [1.82, 2.24) is 4.90 Å². The third kappa shape index (κ3) is 4.67. The molecule has 2 aromatic carbocycles. The minimum absolute atomic E-state index is 0.0258. The Morgan fingerprint density at radius 1 is 1.19 bits per heavy atom. The molecule has 1 aliphatic heterocycles. The zero-order valence-corrected chi connectivity index (χ0v) is 16.3. The van der Waals surface area contributed by atoms with Gasteiger partial charge in [0.2, 0.25) is 5.91 Å². The maximum atomic E-state index is 12.9. The Kier molecular flexibility index (Phi) is 5.53. The lowest BCUT2D eigenvalue weighted by Gasteiger charge is -2.26. The smallest absolute Gasteiger partial charge is 0.255 e. The molecular formula is C19H19ClN2O4S. The monoisotopic (exact) mass is 406 g/mol. The topological polar surface area (TPSA) is 83.6 Å². The molecular weight excluding hydrogens is 388 g/mol. The van der Waals surface area contributed by atoms with Gasteiger partial charge in [0.05, 0.1) is 5.75 Å². The van der Waals surface area contributed by atoms with E-state index >= 15 is 0 Å². The Bertz CT molecular complexity index is 973. The SMILES string of the molecule is CS(=O)(=O)CC[C@H](C(=O)Nc1ccc(Cl)cc1)N1Cc2ccccc2C1=O. The molecule has 2 aromatic rings. The molecule has 6 nitrogen and oxygen atoms in total. The quantitative estimate of drug-likeness (QED) is 0.799. The van der Waals surface area contributed by atoms with Gasteiger partial charge in [0.15, 0.2) is 0 Å². The molecule has 1 N–H and O–H groups in total. The highest BCUT2D eigenvalue weighted by molar-refractivity contribution is 7.90. The summed E-state index contributed by atoms with van der Waals surface area (Å²) in [5, 5.41) is 3.28. The predicted octanol–water partition coefficient (Wildman–Crippen LogP) is 2.74. The fourth-order valence-corrected chi connectivity index (χ4v) is 3.82. The summed E-state index contributed by atoms with van der Waals surface area (Å²) in [5.74, 6) is -0.885. The molecule has 0 saturated heterocycles. The summed E-state index contributed by atoms with van der Waals surface area (Å²) in [6.07, 6.45) is 1.14. The second-order valence-corrected chi connectivity index (χ2v) is 9.22. The number of rotatable bonds is 6. The van der Waals surface area contributed by atoms with Gasteiger partial charge < -0.3 is 10.2 Å². The lowest BCUT2D eigenvalue weighted by Crippen LogP contribution is -2.45. The fourth-order valence-electron chi connectivity index (χ4n) is 3.04. The number of hydrogen-bond donors (Lipinski definition) is 1. The number of benzene rings is 2. The van der Waals surface area contributed by atoms with Crippen LogP contribution in [0.4, 0.5) is 5.69 Å². The molecule has 0 spiro atoms. The van der Waals surface area contributed by atoms with Crippen molar-refractivity contribution in [3.8, 4) is 0 Å². The molecule has 0 radical (unpaired) electrons. The summed E-state index contributed by atoms with van der Waals surface area (Å²) in [4.78, 5) is 27.0. The minimum Gasteiger partial charge on any atom is -0.324 e. The van der Waals surface area contributed by atoms with Gasteiger partial charge in [0, 0.05) is 29.1 Å². The molecule has 142 valence electrons. The molecule has 27 heavy (non-hydrogen) atoms. The standard InChI is InChI=1S/C19H19ClN2O4S/c1-27(25,26)11-10-17(18(23)21-15-8-6-14(20)7-9-15)22-12-13-4-2-3-5-16(13)19(22)24/h2-9,17H,10-12H2,1H3,(H,21,23)/t17-/m1/s1. The Balaban J connectivity index is 1.84. The van der Waals surface area contributed by atoms with Crippen LogP contribution >= 0.6 is 11.6 Å². The number of hydrogen-bond acceptors (Lipinski definition) is 4. The number of sulfone groups is 1. The first kappa shape index (κ1) is 19.4. The van der Waals surface area contributed by atoms with E-state index in [4.69, 9.17) is 11.6 Å². The summed E-state index contributed by atoms with van der Waals surface area (Å²) in [6.45, 7) is 0.275. The van der Waals surface area contributed by atoms with Gasteiger partial charge in [0.25, 0.3) is 5.91 Å². The first-order valence-corrected chi connectivity index (χ1v) is 10.8.